The van der Waals surface area contributed by atoms with Crippen LogP contribution in [0.1, 0.15) is 22.7 Å². The Hall–Kier alpha value is -1.52. The Morgan fingerprint density at radius 2 is 1.84 bits per heavy atom. The van der Waals surface area contributed by atoms with E-state index in [0.29, 0.717) is 5.82 Å². The van der Waals surface area contributed by atoms with Crippen molar-refractivity contribution in [2.75, 3.05) is 11.5 Å². The molecule has 0 saturated carbocycles. The second-order valence-corrected chi connectivity index (χ2v) is 5.75. The number of nitrogens with zero attached hydrogens (tertiary/aromatic N) is 1. The summed E-state index contributed by atoms with van der Waals surface area (Å²) in [5.74, 6) is 1.33. The zero-order chi connectivity index (χ0) is 13.8. The molecule has 0 aliphatic heterocycles. The van der Waals surface area contributed by atoms with E-state index in [0.717, 1.165) is 16.9 Å². The van der Waals surface area contributed by atoms with Crippen molar-refractivity contribution < 1.29 is 0 Å². The first-order valence-electron chi connectivity index (χ1n) is 6.24. The summed E-state index contributed by atoms with van der Waals surface area (Å²) in [6.45, 7) is 4.10. The molecule has 1 unspecified atom stereocenters. The Kier molecular flexibility index (Phi) is 4.45. The quantitative estimate of drug-likeness (QED) is 0.840. The fraction of sp³-hybridized carbons (Fsp3) is 0.267. The van der Waals surface area contributed by atoms with Gasteiger partial charge in [0.2, 0.25) is 0 Å². The van der Waals surface area contributed by atoms with Gasteiger partial charge in [0.15, 0.2) is 0 Å². The van der Waals surface area contributed by atoms with E-state index in [1.54, 1.807) is 18.0 Å². The minimum atomic E-state index is -0.0972. The van der Waals surface area contributed by atoms with E-state index in [9.17, 15) is 0 Å². The summed E-state index contributed by atoms with van der Waals surface area (Å²) in [5.41, 5.74) is 15.5. The van der Waals surface area contributed by atoms with Crippen molar-refractivity contribution in [1.29, 1.82) is 0 Å². The predicted molar refractivity (Wildman–Crippen MR) is 82.2 cm³/mol. The highest BCUT2D eigenvalue weighted by Gasteiger charge is 2.13. The molecule has 1 atom stereocenters. The van der Waals surface area contributed by atoms with E-state index in [1.807, 2.05) is 13.0 Å². The SMILES string of the molecule is Cc1ccc(SCC(N)c2c(C)ccnc2N)cc1. The molecule has 100 valence electrons. The summed E-state index contributed by atoms with van der Waals surface area (Å²) < 4.78 is 0. The molecule has 0 aliphatic rings. The van der Waals surface area contributed by atoms with E-state index in [-0.39, 0.29) is 6.04 Å². The summed E-state index contributed by atoms with van der Waals surface area (Å²) >= 11 is 1.74. The summed E-state index contributed by atoms with van der Waals surface area (Å²) in [6, 6.07) is 10.3. The van der Waals surface area contributed by atoms with Gasteiger partial charge in [-0.3, -0.25) is 0 Å². The Morgan fingerprint density at radius 1 is 1.16 bits per heavy atom. The maximum Gasteiger partial charge on any atom is 0.128 e. The van der Waals surface area contributed by atoms with Crippen molar-refractivity contribution in [1.82, 2.24) is 4.98 Å². The van der Waals surface area contributed by atoms with Crippen molar-refractivity contribution in [3.63, 3.8) is 0 Å². The van der Waals surface area contributed by atoms with E-state index < -0.39 is 0 Å². The van der Waals surface area contributed by atoms with Crippen LogP contribution in [-0.4, -0.2) is 10.7 Å². The first-order chi connectivity index (χ1) is 9.08. The number of pyridine rings is 1. The van der Waals surface area contributed by atoms with Gasteiger partial charge in [0.05, 0.1) is 0 Å². The highest BCUT2D eigenvalue weighted by atomic mass is 32.2. The normalized spacial score (nSPS) is 12.4. The number of hydrogen-bond donors (Lipinski definition) is 2. The van der Waals surface area contributed by atoms with Gasteiger partial charge >= 0.3 is 0 Å². The lowest BCUT2D eigenvalue weighted by Gasteiger charge is -2.16. The third-order valence-corrected chi connectivity index (χ3v) is 4.19. The van der Waals surface area contributed by atoms with Crippen molar-refractivity contribution in [2.45, 2.75) is 24.8 Å². The number of nitrogen functional groups attached to an aromatic ring is 1. The smallest absolute Gasteiger partial charge is 0.128 e. The van der Waals surface area contributed by atoms with Crippen LogP contribution in [0, 0.1) is 13.8 Å². The zero-order valence-corrected chi connectivity index (χ0v) is 12.1. The average molecular weight is 273 g/mol. The Labute approximate surface area is 118 Å². The molecular formula is C15H19N3S. The molecule has 0 spiro atoms. The van der Waals surface area contributed by atoms with Crippen LogP contribution in [0.2, 0.25) is 0 Å². The molecule has 1 aromatic carbocycles. The number of aryl methyl sites for hydroxylation is 2. The van der Waals surface area contributed by atoms with Gasteiger partial charge in [0.1, 0.15) is 5.82 Å². The fourth-order valence-corrected chi connectivity index (χ4v) is 2.84. The van der Waals surface area contributed by atoms with Gasteiger partial charge in [0.25, 0.3) is 0 Å². The molecular weight excluding hydrogens is 254 g/mol. The van der Waals surface area contributed by atoms with Crippen LogP contribution < -0.4 is 11.5 Å². The number of aromatic nitrogens is 1. The molecule has 3 nitrogen and oxygen atoms in total. The minimum Gasteiger partial charge on any atom is -0.383 e. The Morgan fingerprint density at radius 3 is 2.47 bits per heavy atom. The van der Waals surface area contributed by atoms with Crippen molar-refractivity contribution in [2.24, 2.45) is 5.73 Å². The lowest BCUT2D eigenvalue weighted by atomic mass is 10.1. The second-order valence-electron chi connectivity index (χ2n) is 4.66. The van der Waals surface area contributed by atoms with Gasteiger partial charge in [-0.25, -0.2) is 4.98 Å². The van der Waals surface area contributed by atoms with Gasteiger partial charge in [-0.15, -0.1) is 11.8 Å². The number of nitrogens with two attached hydrogens (primary N) is 2. The molecule has 0 fully saturated rings. The van der Waals surface area contributed by atoms with E-state index in [1.165, 1.54) is 10.5 Å². The van der Waals surface area contributed by atoms with Crippen LogP contribution in [0.4, 0.5) is 5.82 Å². The summed E-state index contributed by atoms with van der Waals surface area (Å²) in [7, 11) is 0. The van der Waals surface area contributed by atoms with Crippen LogP contribution in [0.15, 0.2) is 41.4 Å². The lowest BCUT2D eigenvalue weighted by molar-refractivity contribution is 0.819. The number of anilines is 1. The summed E-state index contributed by atoms with van der Waals surface area (Å²) in [6.07, 6.45) is 1.72. The molecule has 2 aromatic rings. The van der Waals surface area contributed by atoms with Crippen LogP contribution in [-0.2, 0) is 0 Å². The fourth-order valence-electron chi connectivity index (χ4n) is 1.98. The van der Waals surface area contributed by atoms with Crippen LogP contribution >= 0.6 is 11.8 Å². The third-order valence-electron chi connectivity index (χ3n) is 3.06. The number of rotatable bonds is 4. The standard InChI is InChI=1S/C15H19N3S/c1-10-3-5-12(6-4-10)19-9-13(16)14-11(2)7-8-18-15(14)17/h3-8,13H,9,16H2,1-2H3,(H2,17,18). The van der Waals surface area contributed by atoms with Crippen LogP contribution in [0.5, 0.6) is 0 Å². The first kappa shape index (κ1) is 13.9. The second kappa shape index (κ2) is 6.08. The number of hydrogen-bond acceptors (Lipinski definition) is 4. The van der Waals surface area contributed by atoms with Crippen molar-refractivity contribution in [3.8, 4) is 0 Å². The van der Waals surface area contributed by atoms with Crippen LogP contribution in [0.3, 0.4) is 0 Å². The predicted octanol–water partition coefficient (Wildman–Crippen LogP) is 3.07. The van der Waals surface area contributed by atoms with Gasteiger partial charge in [-0.1, -0.05) is 17.7 Å². The molecule has 4 N–H and O–H groups in total. The first-order valence-corrected chi connectivity index (χ1v) is 7.22. The van der Waals surface area contributed by atoms with E-state index in [2.05, 4.69) is 36.2 Å². The lowest BCUT2D eigenvalue weighted by Crippen LogP contribution is -2.17. The molecule has 4 heteroatoms. The maximum atomic E-state index is 6.23. The molecule has 1 heterocycles. The number of thioether (sulfide) groups is 1. The Bertz CT molecular complexity index is 532. The largest absolute Gasteiger partial charge is 0.383 e. The van der Waals surface area contributed by atoms with E-state index >= 15 is 0 Å². The molecule has 19 heavy (non-hydrogen) atoms. The molecule has 0 aliphatic carbocycles. The van der Waals surface area contributed by atoms with Crippen LogP contribution in [0.25, 0.3) is 0 Å². The van der Waals surface area contributed by atoms with Gasteiger partial charge in [-0.2, -0.15) is 0 Å². The van der Waals surface area contributed by atoms with Crippen molar-refractivity contribution in [3.05, 3.63) is 53.2 Å². The van der Waals surface area contributed by atoms with Gasteiger partial charge in [-0.05, 0) is 37.6 Å². The molecule has 0 amide bonds. The molecule has 0 saturated heterocycles. The summed E-state index contributed by atoms with van der Waals surface area (Å²) in [5, 5.41) is 0. The third kappa shape index (κ3) is 3.49. The average Bonchev–Trinajstić information content (AvgIpc) is 2.38. The molecule has 0 bridgehead atoms. The van der Waals surface area contributed by atoms with E-state index in [4.69, 9.17) is 11.5 Å². The molecule has 0 radical (unpaired) electrons. The summed E-state index contributed by atoms with van der Waals surface area (Å²) in [4.78, 5) is 5.34. The number of benzene rings is 1. The maximum absolute atomic E-state index is 6.23. The topological polar surface area (TPSA) is 64.9 Å². The molecule has 2 rings (SSSR count). The van der Waals surface area contributed by atoms with Crippen molar-refractivity contribution >= 4 is 17.6 Å². The Balaban J connectivity index is 2.05. The zero-order valence-electron chi connectivity index (χ0n) is 11.3. The van der Waals surface area contributed by atoms with Gasteiger partial charge in [0, 0.05) is 28.5 Å². The monoisotopic (exact) mass is 273 g/mol. The highest BCUT2D eigenvalue weighted by Crippen LogP contribution is 2.27. The van der Waals surface area contributed by atoms with Gasteiger partial charge < -0.3 is 11.5 Å². The minimum absolute atomic E-state index is 0.0972. The molecule has 1 aromatic heterocycles. The highest BCUT2D eigenvalue weighted by molar-refractivity contribution is 7.99.